The van der Waals surface area contributed by atoms with Gasteiger partial charge in [-0.1, -0.05) is 23.7 Å². The van der Waals surface area contributed by atoms with Crippen LogP contribution in [0.5, 0.6) is 0 Å². The van der Waals surface area contributed by atoms with Crippen LogP contribution in [0.15, 0.2) is 30.3 Å². The zero-order valence-corrected chi connectivity index (χ0v) is 10.4. The van der Waals surface area contributed by atoms with Crippen molar-refractivity contribution in [3.05, 3.63) is 40.9 Å². The number of amides is 1. The number of hydrogen-bond donors (Lipinski definition) is 2. The van der Waals surface area contributed by atoms with Gasteiger partial charge in [-0.15, -0.1) is 0 Å². The molecular weight excluding hydrogens is 283 g/mol. The molecule has 1 amide bonds. The van der Waals surface area contributed by atoms with Gasteiger partial charge >= 0.3 is 6.18 Å². The summed E-state index contributed by atoms with van der Waals surface area (Å²) >= 11 is 5.66. The minimum atomic E-state index is -4.74. The molecule has 104 valence electrons. The lowest BCUT2D eigenvalue weighted by Gasteiger charge is -2.14. The Morgan fingerprint density at radius 3 is 2.47 bits per heavy atom. The van der Waals surface area contributed by atoms with Gasteiger partial charge in [0.15, 0.2) is 6.10 Å². The van der Waals surface area contributed by atoms with Gasteiger partial charge in [0.05, 0.1) is 6.54 Å². The Labute approximate surface area is 112 Å². The zero-order chi connectivity index (χ0) is 14.5. The van der Waals surface area contributed by atoms with Gasteiger partial charge in [0, 0.05) is 11.1 Å². The SMILES string of the molecule is O=C(/C=C/c1ccc(Cl)cc1)NCC(O)C(F)(F)F. The van der Waals surface area contributed by atoms with E-state index in [0.717, 1.165) is 6.08 Å². The normalized spacial score (nSPS) is 13.5. The van der Waals surface area contributed by atoms with Crippen molar-refractivity contribution in [2.24, 2.45) is 0 Å². The molecule has 0 aliphatic heterocycles. The van der Waals surface area contributed by atoms with E-state index in [9.17, 15) is 18.0 Å². The highest BCUT2D eigenvalue weighted by atomic mass is 35.5. The third-order valence-electron chi connectivity index (χ3n) is 2.14. The smallest absolute Gasteiger partial charge is 0.382 e. The minimum absolute atomic E-state index is 0.537. The largest absolute Gasteiger partial charge is 0.416 e. The van der Waals surface area contributed by atoms with E-state index in [4.69, 9.17) is 16.7 Å². The maximum atomic E-state index is 12.0. The summed E-state index contributed by atoms with van der Waals surface area (Å²) in [6, 6.07) is 6.53. The van der Waals surface area contributed by atoms with Gasteiger partial charge in [-0.2, -0.15) is 13.2 Å². The number of carbonyl (C=O) groups excluding carboxylic acids is 1. The van der Waals surface area contributed by atoms with E-state index >= 15 is 0 Å². The van der Waals surface area contributed by atoms with E-state index in [-0.39, 0.29) is 0 Å². The number of benzene rings is 1. The van der Waals surface area contributed by atoms with Gasteiger partial charge in [0.2, 0.25) is 5.91 Å². The summed E-state index contributed by atoms with van der Waals surface area (Å²) in [6.07, 6.45) is -4.81. The fraction of sp³-hybridized carbons (Fsp3) is 0.250. The lowest BCUT2D eigenvalue weighted by atomic mass is 10.2. The summed E-state index contributed by atoms with van der Waals surface area (Å²) in [4.78, 5) is 11.2. The van der Waals surface area contributed by atoms with Crippen LogP contribution in [0.3, 0.4) is 0 Å². The van der Waals surface area contributed by atoms with Crippen LogP contribution in [0.1, 0.15) is 5.56 Å². The molecule has 7 heteroatoms. The predicted molar refractivity (Wildman–Crippen MR) is 65.6 cm³/mol. The monoisotopic (exact) mass is 293 g/mol. The summed E-state index contributed by atoms with van der Waals surface area (Å²) in [6.45, 7) is -0.882. The molecule has 0 saturated carbocycles. The second kappa shape index (κ2) is 6.58. The minimum Gasteiger partial charge on any atom is -0.382 e. The molecule has 1 aromatic carbocycles. The molecule has 0 aromatic heterocycles. The average Bonchev–Trinajstić information content (AvgIpc) is 2.34. The van der Waals surface area contributed by atoms with Gasteiger partial charge in [0.25, 0.3) is 0 Å². The van der Waals surface area contributed by atoms with E-state index in [0.29, 0.717) is 10.6 Å². The second-order valence-electron chi connectivity index (χ2n) is 3.69. The molecule has 0 bridgehead atoms. The van der Waals surface area contributed by atoms with Crippen LogP contribution in [0.2, 0.25) is 5.02 Å². The standard InChI is InChI=1S/C12H11ClF3NO2/c13-9-4-1-8(2-5-9)3-6-11(19)17-7-10(18)12(14,15)16/h1-6,10,18H,7H2,(H,17,19)/b6-3+. The van der Waals surface area contributed by atoms with Crippen molar-refractivity contribution in [1.82, 2.24) is 5.32 Å². The van der Waals surface area contributed by atoms with Crippen molar-refractivity contribution < 1.29 is 23.1 Å². The van der Waals surface area contributed by atoms with Crippen LogP contribution in [-0.4, -0.2) is 29.8 Å². The first kappa shape index (κ1) is 15.5. The molecular formula is C12H11ClF3NO2. The number of halogens is 4. The Kier molecular flexibility index (Phi) is 5.38. The van der Waals surface area contributed by atoms with Gasteiger partial charge < -0.3 is 10.4 Å². The maximum absolute atomic E-state index is 12.0. The lowest BCUT2D eigenvalue weighted by Crippen LogP contribution is -2.40. The van der Waals surface area contributed by atoms with Gasteiger partial charge in [-0.3, -0.25) is 4.79 Å². The van der Waals surface area contributed by atoms with E-state index in [1.807, 2.05) is 5.32 Å². The van der Waals surface area contributed by atoms with Crippen molar-refractivity contribution in [3.8, 4) is 0 Å². The summed E-state index contributed by atoms with van der Waals surface area (Å²) in [5.74, 6) is -0.724. The van der Waals surface area contributed by atoms with Crippen LogP contribution < -0.4 is 5.32 Å². The predicted octanol–water partition coefficient (Wildman–Crippen LogP) is 2.39. The highest BCUT2D eigenvalue weighted by molar-refractivity contribution is 6.30. The fourth-order valence-corrected chi connectivity index (χ4v) is 1.24. The molecule has 19 heavy (non-hydrogen) atoms. The van der Waals surface area contributed by atoms with E-state index < -0.39 is 24.7 Å². The Balaban J connectivity index is 2.45. The van der Waals surface area contributed by atoms with Crippen LogP contribution in [0, 0.1) is 0 Å². The van der Waals surface area contributed by atoms with Crippen LogP contribution in [-0.2, 0) is 4.79 Å². The summed E-state index contributed by atoms with van der Waals surface area (Å²) in [7, 11) is 0. The Morgan fingerprint density at radius 1 is 1.37 bits per heavy atom. The molecule has 0 radical (unpaired) electrons. The molecule has 0 fully saturated rings. The first-order chi connectivity index (χ1) is 8.79. The van der Waals surface area contributed by atoms with Crippen LogP contribution in [0.25, 0.3) is 6.08 Å². The Morgan fingerprint density at radius 2 is 1.95 bits per heavy atom. The average molecular weight is 294 g/mol. The number of nitrogens with one attached hydrogen (secondary N) is 1. The summed E-state index contributed by atoms with van der Waals surface area (Å²) < 4.78 is 35.9. The van der Waals surface area contributed by atoms with Gasteiger partial charge in [-0.05, 0) is 23.8 Å². The molecule has 2 N–H and O–H groups in total. The fourth-order valence-electron chi connectivity index (χ4n) is 1.12. The third-order valence-corrected chi connectivity index (χ3v) is 2.40. The summed E-state index contributed by atoms with van der Waals surface area (Å²) in [5, 5.41) is 11.2. The van der Waals surface area contributed by atoms with E-state index in [1.165, 1.54) is 6.08 Å². The Bertz CT molecular complexity index is 457. The number of aliphatic hydroxyl groups excluding tert-OH is 1. The molecule has 0 aliphatic rings. The molecule has 1 aromatic rings. The first-order valence-corrected chi connectivity index (χ1v) is 5.63. The summed E-state index contributed by atoms with van der Waals surface area (Å²) in [5.41, 5.74) is 0.677. The first-order valence-electron chi connectivity index (χ1n) is 5.25. The van der Waals surface area contributed by atoms with Crippen molar-refractivity contribution >= 4 is 23.6 Å². The topological polar surface area (TPSA) is 49.3 Å². The molecule has 0 heterocycles. The molecule has 3 nitrogen and oxygen atoms in total. The second-order valence-corrected chi connectivity index (χ2v) is 4.12. The van der Waals surface area contributed by atoms with Gasteiger partial charge in [0.1, 0.15) is 0 Å². The van der Waals surface area contributed by atoms with Crippen LogP contribution in [0.4, 0.5) is 13.2 Å². The van der Waals surface area contributed by atoms with Crippen LogP contribution >= 0.6 is 11.6 Å². The quantitative estimate of drug-likeness (QED) is 0.838. The van der Waals surface area contributed by atoms with E-state index in [1.54, 1.807) is 24.3 Å². The number of hydrogen-bond acceptors (Lipinski definition) is 2. The molecule has 1 unspecified atom stereocenters. The van der Waals surface area contributed by atoms with Gasteiger partial charge in [-0.25, -0.2) is 0 Å². The zero-order valence-electron chi connectivity index (χ0n) is 9.62. The number of alkyl halides is 3. The molecule has 1 rings (SSSR count). The lowest BCUT2D eigenvalue weighted by molar-refractivity contribution is -0.201. The van der Waals surface area contributed by atoms with Crippen molar-refractivity contribution in [2.45, 2.75) is 12.3 Å². The Hall–Kier alpha value is -1.53. The number of carbonyl (C=O) groups is 1. The highest BCUT2D eigenvalue weighted by Crippen LogP contribution is 2.19. The van der Waals surface area contributed by atoms with Crippen molar-refractivity contribution in [3.63, 3.8) is 0 Å². The third kappa shape index (κ3) is 5.76. The van der Waals surface area contributed by atoms with Crippen molar-refractivity contribution in [1.29, 1.82) is 0 Å². The molecule has 0 saturated heterocycles. The maximum Gasteiger partial charge on any atom is 0.416 e. The molecule has 0 aliphatic carbocycles. The number of aliphatic hydroxyl groups is 1. The van der Waals surface area contributed by atoms with Crippen molar-refractivity contribution in [2.75, 3.05) is 6.54 Å². The molecule has 0 spiro atoms. The number of rotatable bonds is 4. The highest BCUT2D eigenvalue weighted by Gasteiger charge is 2.37. The van der Waals surface area contributed by atoms with E-state index in [2.05, 4.69) is 0 Å². The molecule has 1 atom stereocenters.